The van der Waals surface area contributed by atoms with Gasteiger partial charge < -0.3 is 10.6 Å². The van der Waals surface area contributed by atoms with Crippen molar-refractivity contribution in [2.75, 3.05) is 18.8 Å². The van der Waals surface area contributed by atoms with Gasteiger partial charge in [0.2, 0.25) is 0 Å². The summed E-state index contributed by atoms with van der Waals surface area (Å²) in [4.78, 5) is 24.4. The fourth-order valence-electron chi connectivity index (χ4n) is 2.27. The first-order chi connectivity index (χ1) is 9.90. The van der Waals surface area contributed by atoms with Crippen molar-refractivity contribution < 1.29 is 4.79 Å². The van der Waals surface area contributed by atoms with E-state index in [0.29, 0.717) is 32.7 Å². The number of rotatable bonds is 5. The van der Waals surface area contributed by atoms with E-state index in [9.17, 15) is 4.79 Å². The molecule has 5 nitrogen and oxygen atoms in total. The van der Waals surface area contributed by atoms with Crippen LogP contribution in [-0.2, 0) is 0 Å². The van der Waals surface area contributed by atoms with E-state index in [0.717, 1.165) is 13.1 Å². The highest BCUT2D eigenvalue weighted by atomic mass is 32.1. The van der Waals surface area contributed by atoms with Gasteiger partial charge in [0, 0.05) is 25.5 Å². The number of nitrogens with two attached hydrogens (primary N) is 1. The normalized spacial score (nSPS) is 11.5. The largest absolute Gasteiger partial charge is 0.396 e. The fraction of sp³-hybridized carbons (Fsp3) is 0.533. The first-order valence-electron chi connectivity index (χ1n) is 7.18. The Morgan fingerprint density at radius 2 is 1.76 bits per heavy atom. The summed E-state index contributed by atoms with van der Waals surface area (Å²) in [5.74, 6) is 0.818. The van der Waals surface area contributed by atoms with Crippen LogP contribution in [0.25, 0.3) is 10.3 Å². The number of fused-ring (bicyclic) bond motifs is 1. The smallest absolute Gasteiger partial charge is 0.266 e. The number of amides is 1. The molecule has 0 spiro atoms. The van der Waals surface area contributed by atoms with Gasteiger partial charge in [-0.3, -0.25) is 4.79 Å². The second kappa shape index (κ2) is 6.39. The number of anilines is 1. The Labute approximate surface area is 129 Å². The van der Waals surface area contributed by atoms with Crippen LogP contribution in [0.5, 0.6) is 0 Å². The number of nitrogens with zero attached hydrogens (tertiary/aromatic N) is 3. The molecule has 2 aromatic heterocycles. The minimum absolute atomic E-state index is 0.0142. The standard InChI is InChI=1S/C15H22N4OS/c1-9(2)7-19(8-10(3)4)15(20)13-11(16)12-14(21-13)18-6-5-17-12/h5-6,9-10H,7-8,16H2,1-4H3. The van der Waals surface area contributed by atoms with Crippen molar-refractivity contribution in [3.05, 3.63) is 17.3 Å². The summed E-state index contributed by atoms with van der Waals surface area (Å²) >= 11 is 1.32. The molecule has 0 aliphatic rings. The third-order valence-electron chi connectivity index (χ3n) is 3.02. The van der Waals surface area contributed by atoms with Crippen LogP contribution < -0.4 is 5.73 Å². The van der Waals surface area contributed by atoms with Crippen molar-refractivity contribution in [1.82, 2.24) is 14.9 Å². The van der Waals surface area contributed by atoms with Crippen LogP contribution in [0, 0.1) is 11.8 Å². The lowest BCUT2D eigenvalue weighted by atomic mass is 10.1. The minimum Gasteiger partial charge on any atom is -0.396 e. The summed E-state index contributed by atoms with van der Waals surface area (Å²) in [6, 6.07) is 0. The van der Waals surface area contributed by atoms with Gasteiger partial charge in [0.15, 0.2) is 0 Å². The predicted octanol–water partition coefficient (Wildman–Crippen LogP) is 3.03. The van der Waals surface area contributed by atoms with E-state index < -0.39 is 0 Å². The second-order valence-electron chi connectivity index (χ2n) is 6.05. The van der Waals surface area contributed by atoms with E-state index in [1.165, 1.54) is 11.3 Å². The Bertz CT molecular complexity index is 626. The average molecular weight is 306 g/mol. The molecule has 6 heteroatoms. The van der Waals surface area contributed by atoms with Gasteiger partial charge in [-0.05, 0) is 11.8 Å². The van der Waals surface area contributed by atoms with Crippen LogP contribution in [0.15, 0.2) is 12.4 Å². The van der Waals surface area contributed by atoms with Crippen molar-refractivity contribution in [2.45, 2.75) is 27.7 Å². The van der Waals surface area contributed by atoms with Crippen molar-refractivity contribution in [3.8, 4) is 0 Å². The Morgan fingerprint density at radius 1 is 1.19 bits per heavy atom. The van der Waals surface area contributed by atoms with Gasteiger partial charge in [0.25, 0.3) is 5.91 Å². The van der Waals surface area contributed by atoms with Gasteiger partial charge in [0.05, 0.1) is 5.69 Å². The Kier molecular flexibility index (Phi) is 4.77. The topological polar surface area (TPSA) is 72.1 Å². The number of hydrogen-bond donors (Lipinski definition) is 1. The lowest BCUT2D eigenvalue weighted by Gasteiger charge is -2.26. The maximum absolute atomic E-state index is 12.8. The SMILES string of the molecule is CC(C)CN(CC(C)C)C(=O)c1sc2nccnc2c1N. The summed E-state index contributed by atoms with van der Waals surface area (Å²) in [5, 5.41) is 0. The number of carbonyl (C=O) groups excluding carboxylic acids is 1. The first-order valence-corrected chi connectivity index (χ1v) is 8.00. The lowest BCUT2D eigenvalue weighted by molar-refractivity contribution is 0.0721. The molecule has 0 saturated carbocycles. The highest BCUT2D eigenvalue weighted by Crippen LogP contribution is 2.31. The molecule has 0 bridgehead atoms. The van der Waals surface area contributed by atoms with Crippen LogP contribution >= 0.6 is 11.3 Å². The molecule has 0 unspecified atom stereocenters. The molecule has 0 aliphatic carbocycles. The highest BCUT2D eigenvalue weighted by Gasteiger charge is 2.24. The molecule has 2 aromatic rings. The molecule has 114 valence electrons. The molecule has 21 heavy (non-hydrogen) atoms. The van der Waals surface area contributed by atoms with E-state index in [4.69, 9.17) is 5.73 Å². The molecular weight excluding hydrogens is 284 g/mol. The minimum atomic E-state index is -0.0142. The van der Waals surface area contributed by atoms with Gasteiger partial charge in [-0.25, -0.2) is 9.97 Å². The molecular formula is C15H22N4OS. The molecule has 1 amide bonds. The molecule has 0 radical (unpaired) electrons. The predicted molar refractivity (Wildman–Crippen MR) is 87.4 cm³/mol. The molecule has 0 aromatic carbocycles. The number of aromatic nitrogens is 2. The van der Waals surface area contributed by atoms with Crippen molar-refractivity contribution in [1.29, 1.82) is 0 Å². The number of nitrogen functional groups attached to an aromatic ring is 1. The van der Waals surface area contributed by atoms with E-state index >= 15 is 0 Å². The van der Waals surface area contributed by atoms with Gasteiger partial charge >= 0.3 is 0 Å². The molecule has 2 N–H and O–H groups in total. The molecule has 2 heterocycles. The van der Waals surface area contributed by atoms with Gasteiger partial charge in [-0.1, -0.05) is 27.7 Å². The fourth-order valence-corrected chi connectivity index (χ4v) is 3.26. The van der Waals surface area contributed by atoms with E-state index in [1.807, 2.05) is 4.90 Å². The van der Waals surface area contributed by atoms with E-state index in [2.05, 4.69) is 37.7 Å². The highest BCUT2D eigenvalue weighted by molar-refractivity contribution is 7.21. The summed E-state index contributed by atoms with van der Waals surface area (Å²) in [5.41, 5.74) is 7.17. The lowest BCUT2D eigenvalue weighted by Crippen LogP contribution is -2.36. The van der Waals surface area contributed by atoms with Crippen molar-refractivity contribution in [2.24, 2.45) is 11.8 Å². The number of thiophene rings is 1. The summed E-state index contributed by atoms with van der Waals surface area (Å²) in [6.07, 6.45) is 3.21. The maximum atomic E-state index is 12.8. The molecule has 2 rings (SSSR count). The summed E-state index contributed by atoms with van der Waals surface area (Å²) in [7, 11) is 0. The first kappa shape index (κ1) is 15.7. The zero-order chi connectivity index (χ0) is 15.6. The summed E-state index contributed by atoms with van der Waals surface area (Å²) < 4.78 is 0. The third kappa shape index (κ3) is 3.50. The quantitative estimate of drug-likeness (QED) is 0.921. The van der Waals surface area contributed by atoms with Crippen LogP contribution in [-0.4, -0.2) is 33.9 Å². The van der Waals surface area contributed by atoms with Crippen LogP contribution in [0.1, 0.15) is 37.4 Å². The molecule has 0 aliphatic heterocycles. The van der Waals surface area contributed by atoms with Gasteiger partial charge in [-0.2, -0.15) is 0 Å². The monoisotopic (exact) mass is 306 g/mol. The summed E-state index contributed by atoms with van der Waals surface area (Å²) in [6.45, 7) is 9.89. The molecule has 0 fully saturated rings. The van der Waals surface area contributed by atoms with Crippen LogP contribution in [0.3, 0.4) is 0 Å². The zero-order valence-corrected chi connectivity index (χ0v) is 13.8. The Balaban J connectivity index is 2.35. The Hall–Kier alpha value is -1.69. The Morgan fingerprint density at radius 3 is 2.29 bits per heavy atom. The zero-order valence-electron chi connectivity index (χ0n) is 13.0. The van der Waals surface area contributed by atoms with Gasteiger partial charge in [0.1, 0.15) is 15.2 Å². The van der Waals surface area contributed by atoms with Crippen LogP contribution in [0.2, 0.25) is 0 Å². The molecule has 0 atom stereocenters. The second-order valence-corrected chi connectivity index (χ2v) is 7.05. The molecule has 0 saturated heterocycles. The van der Waals surface area contributed by atoms with E-state index in [-0.39, 0.29) is 5.91 Å². The third-order valence-corrected chi connectivity index (χ3v) is 4.11. The average Bonchev–Trinajstić information content (AvgIpc) is 2.74. The number of carbonyl (C=O) groups is 1. The van der Waals surface area contributed by atoms with Gasteiger partial charge in [-0.15, -0.1) is 11.3 Å². The van der Waals surface area contributed by atoms with E-state index in [1.54, 1.807) is 12.4 Å². The maximum Gasteiger partial charge on any atom is 0.266 e. The number of hydrogen-bond acceptors (Lipinski definition) is 5. The van der Waals surface area contributed by atoms with Crippen molar-refractivity contribution in [3.63, 3.8) is 0 Å². The van der Waals surface area contributed by atoms with Crippen molar-refractivity contribution >= 4 is 33.3 Å². The van der Waals surface area contributed by atoms with Crippen LogP contribution in [0.4, 0.5) is 5.69 Å².